The number of methoxy groups -OCH3 is 1. The van der Waals surface area contributed by atoms with E-state index in [0.29, 0.717) is 40.5 Å². The van der Waals surface area contributed by atoms with Crippen molar-refractivity contribution in [3.05, 3.63) is 101 Å². The molecule has 180 valence electrons. The van der Waals surface area contributed by atoms with Crippen LogP contribution in [0.1, 0.15) is 34.0 Å². The van der Waals surface area contributed by atoms with E-state index < -0.39 is 0 Å². The highest BCUT2D eigenvalue weighted by atomic mass is 16.5. The fourth-order valence-electron chi connectivity index (χ4n) is 3.69. The van der Waals surface area contributed by atoms with Gasteiger partial charge in [-0.25, -0.2) is 5.43 Å². The summed E-state index contributed by atoms with van der Waals surface area (Å²) in [6.07, 6.45) is 1.53. The van der Waals surface area contributed by atoms with Gasteiger partial charge in [-0.3, -0.25) is 4.79 Å². The minimum Gasteiger partial charge on any atom is -0.496 e. The average molecular weight is 480 g/mol. The Morgan fingerprint density at radius 3 is 2.44 bits per heavy atom. The van der Waals surface area contributed by atoms with Crippen LogP contribution in [-0.4, -0.2) is 25.8 Å². The van der Waals surface area contributed by atoms with Crippen LogP contribution in [0.25, 0.3) is 10.8 Å². The molecule has 0 radical (unpaired) electrons. The highest BCUT2D eigenvalue weighted by Crippen LogP contribution is 2.29. The molecule has 0 aliphatic carbocycles. The number of carbonyl (C=O) groups is 1. The van der Waals surface area contributed by atoms with Crippen LogP contribution in [0, 0.1) is 11.3 Å². The van der Waals surface area contributed by atoms with Crippen LogP contribution in [0.3, 0.4) is 0 Å². The van der Waals surface area contributed by atoms with Crippen molar-refractivity contribution in [1.82, 2.24) is 5.43 Å². The molecule has 1 amide bonds. The van der Waals surface area contributed by atoms with Gasteiger partial charge in [0, 0.05) is 5.56 Å². The molecule has 0 aliphatic heterocycles. The molecule has 0 saturated heterocycles. The van der Waals surface area contributed by atoms with E-state index in [1.165, 1.54) is 13.3 Å². The van der Waals surface area contributed by atoms with Crippen molar-refractivity contribution < 1.29 is 19.0 Å². The van der Waals surface area contributed by atoms with Gasteiger partial charge in [-0.05, 0) is 59.7 Å². The lowest BCUT2D eigenvalue weighted by Crippen LogP contribution is -2.18. The summed E-state index contributed by atoms with van der Waals surface area (Å²) in [7, 11) is 1.53. The van der Waals surface area contributed by atoms with Gasteiger partial charge in [0.25, 0.3) is 5.91 Å². The van der Waals surface area contributed by atoms with E-state index in [4.69, 9.17) is 14.2 Å². The van der Waals surface area contributed by atoms with Gasteiger partial charge < -0.3 is 14.2 Å². The van der Waals surface area contributed by atoms with Gasteiger partial charge >= 0.3 is 0 Å². The lowest BCUT2D eigenvalue weighted by atomic mass is 10.1. The Morgan fingerprint density at radius 2 is 1.69 bits per heavy atom. The van der Waals surface area contributed by atoms with Gasteiger partial charge in [0.1, 0.15) is 12.4 Å². The summed E-state index contributed by atoms with van der Waals surface area (Å²) in [5.41, 5.74) is 5.03. The second kappa shape index (κ2) is 11.5. The van der Waals surface area contributed by atoms with Crippen LogP contribution in [0.2, 0.25) is 0 Å². The number of nitrogens with one attached hydrogen (secondary N) is 1. The summed E-state index contributed by atoms with van der Waals surface area (Å²) in [5, 5.41) is 15.3. The molecule has 0 aliphatic rings. The van der Waals surface area contributed by atoms with E-state index in [9.17, 15) is 10.1 Å². The van der Waals surface area contributed by atoms with Gasteiger partial charge in [-0.2, -0.15) is 10.4 Å². The Hall–Kier alpha value is -4.83. The molecule has 0 heterocycles. The number of amides is 1. The molecule has 36 heavy (non-hydrogen) atoms. The topological polar surface area (TPSA) is 92.9 Å². The Balaban J connectivity index is 1.47. The predicted octanol–water partition coefficient (Wildman–Crippen LogP) is 5.46. The van der Waals surface area contributed by atoms with Crippen LogP contribution >= 0.6 is 0 Å². The maximum absolute atomic E-state index is 12.8. The van der Waals surface area contributed by atoms with Gasteiger partial charge in [0.15, 0.2) is 11.5 Å². The Kier molecular flexibility index (Phi) is 7.79. The fourth-order valence-corrected chi connectivity index (χ4v) is 3.69. The van der Waals surface area contributed by atoms with Crippen LogP contribution < -0.4 is 19.6 Å². The van der Waals surface area contributed by atoms with Crippen LogP contribution in [0.5, 0.6) is 17.2 Å². The first kappa shape index (κ1) is 24.3. The molecule has 7 heteroatoms. The minimum absolute atomic E-state index is 0.237. The first-order valence-corrected chi connectivity index (χ1v) is 11.4. The lowest BCUT2D eigenvalue weighted by molar-refractivity contribution is 0.0952. The maximum atomic E-state index is 12.8. The van der Waals surface area contributed by atoms with Crippen molar-refractivity contribution in [2.45, 2.75) is 13.5 Å². The largest absolute Gasteiger partial charge is 0.496 e. The highest BCUT2D eigenvalue weighted by molar-refractivity contribution is 6.02. The fraction of sp³-hybridized carbons (Fsp3) is 0.138. The third kappa shape index (κ3) is 5.62. The molecule has 0 fully saturated rings. The van der Waals surface area contributed by atoms with Gasteiger partial charge in [-0.15, -0.1) is 0 Å². The van der Waals surface area contributed by atoms with Crippen molar-refractivity contribution in [1.29, 1.82) is 5.26 Å². The molecule has 0 saturated carbocycles. The smallest absolute Gasteiger partial charge is 0.275 e. The number of hydrazone groups is 1. The van der Waals surface area contributed by atoms with Crippen molar-refractivity contribution in [3.8, 4) is 23.3 Å². The average Bonchev–Trinajstić information content (AvgIpc) is 2.92. The summed E-state index contributed by atoms with van der Waals surface area (Å²) >= 11 is 0. The third-order valence-corrected chi connectivity index (χ3v) is 5.48. The molecular weight excluding hydrogens is 454 g/mol. The molecule has 1 N–H and O–H groups in total. The summed E-state index contributed by atoms with van der Waals surface area (Å²) in [6.45, 7) is 2.57. The molecule has 7 nitrogen and oxygen atoms in total. The van der Waals surface area contributed by atoms with Crippen molar-refractivity contribution in [3.63, 3.8) is 0 Å². The normalized spacial score (nSPS) is 10.7. The Labute approximate surface area is 209 Å². The summed E-state index contributed by atoms with van der Waals surface area (Å²) in [4.78, 5) is 12.8. The standard InChI is InChI=1S/C29H25N3O4/c1-3-35-28-14-20(12-13-26(28)36-19-24-11-7-6-10-23(24)17-30)18-31-32-29(33)25-15-21-8-4-5-9-22(21)16-27(25)34-2/h4-16,18H,3,19H2,1-2H3,(H,32,33). The number of benzene rings is 4. The van der Waals surface area contributed by atoms with Crippen molar-refractivity contribution in [2.75, 3.05) is 13.7 Å². The lowest BCUT2D eigenvalue weighted by Gasteiger charge is -2.13. The SMILES string of the molecule is CCOc1cc(C=NNC(=O)c2cc3ccccc3cc2OC)ccc1OCc1ccccc1C#N. The first-order valence-electron chi connectivity index (χ1n) is 11.4. The van der Waals surface area contributed by atoms with Gasteiger partial charge in [0.05, 0.1) is 37.1 Å². The van der Waals surface area contributed by atoms with Crippen LogP contribution in [-0.2, 0) is 6.61 Å². The molecule has 0 unspecified atom stereocenters. The molecule has 0 aromatic heterocycles. The first-order chi connectivity index (χ1) is 17.6. The maximum Gasteiger partial charge on any atom is 0.275 e. The van der Waals surface area contributed by atoms with Gasteiger partial charge in [0.2, 0.25) is 0 Å². The zero-order chi connectivity index (χ0) is 25.3. The molecule has 0 atom stereocenters. The summed E-state index contributed by atoms with van der Waals surface area (Å²) in [5.74, 6) is 1.18. The molecule has 0 bridgehead atoms. The van der Waals surface area contributed by atoms with E-state index in [1.54, 1.807) is 30.3 Å². The van der Waals surface area contributed by atoms with E-state index in [1.807, 2.05) is 55.5 Å². The number of ether oxygens (including phenoxy) is 3. The zero-order valence-corrected chi connectivity index (χ0v) is 20.0. The molecular formula is C29H25N3O4. The number of rotatable bonds is 9. The van der Waals surface area contributed by atoms with Crippen molar-refractivity contribution in [2.24, 2.45) is 5.10 Å². The second-order valence-corrected chi connectivity index (χ2v) is 7.80. The van der Waals surface area contributed by atoms with Crippen LogP contribution in [0.4, 0.5) is 0 Å². The number of fused-ring (bicyclic) bond motifs is 1. The minimum atomic E-state index is -0.380. The number of carbonyl (C=O) groups excluding carboxylic acids is 1. The van der Waals surface area contributed by atoms with E-state index in [0.717, 1.165) is 16.3 Å². The summed E-state index contributed by atoms with van der Waals surface area (Å²) in [6, 6.07) is 26.2. The third-order valence-electron chi connectivity index (χ3n) is 5.48. The van der Waals surface area contributed by atoms with E-state index in [-0.39, 0.29) is 12.5 Å². The number of nitrogens with zero attached hydrogens (tertiary/aromatic N) is 2. The van der Waals surface area contributed by atoms with Crippen LogP contribution in [0.15, 0.2) is 84.0 Å². The zero-order valence-electron chi connectivity index (χ0n) is 20.0. The van der Waals surface area contributed by atoms with Crippen molar-refractivity contribution >= 4 is 22.9 Å². The summed E-state index contributed by atoms with van der Waals surface area (Å²) < 4.78 is 17.1. The molecule has 0 spiro atoms. The quantitative estimate of drug-likeness (QED) is 0.254. The molecule has 4 aromatic carbocycles. The Morgan fingerprint density at radius 1 is 0.944 bits per heavy atom. The molecule has 4 aromatic rings. The van der Waals surface area contributed by atoms with E-state index >= 15 is 0 Å². The van der Waals surface area contributed by atoms with Gasteiger partial charge in [-0.1, -0.05) is 42.5 Å². The number of hydrogen-bond acceptors (Lipinski definition) is 6. The second-order valence-electron chi connectivity index (χ2n) is 7.80. The monoisotopic (exact) mass is 479 g/mol. The Bertz CT molecular complexity index is 1460. The number of nitriles is 1. The predicted molar refractivity (Wildman–Crippen MR) is 139 cm³/mol. The number of hydrogen-bond donors (Lipinski definition) is 1. The molecule has 4 rings (SSSR count). The van der Waals surface area contributed by atoms with E-state index in [2.05, 4.69) is 16.6 Å². The highest BCUT2D eigenvalue weighted by Gasteiger charge is 2.13.